The van der Waals surface area contributed by atoms with Crippen molar-refractivity contribution in [3.05, 3.63) is 12.7 Å². The zero-order valence-corrected chi connectivity index (χ0v) is 14.9. The van der Waals surface area contributed by atoms with Crippen LogP contribution in [0.1, 0.15) is 26.7 Å². The number of aromatic nitrogens is 4. The van der Waals surface area contributed by atoms with Gasteiger partial charge in [0.1, 0.15) is 0 Å². The molecule has 0 N–H and O–H groups in total. The first kappa shape index (κ1) is 18.4. The van der Waals surface area contributed by atoms with E-state index in [1.807, 2.05) is 6.92 Å². The third-order valence-corrected chi connectivity index (χ3v) is 4.92. The number of piperidine rings is 1. The summed E-state index contributed by atoms with van der Waals surface area (Å²) in [5.74, 6) is -0.220. The number of esters is 1. The largest absolute Gasteiger partial charge is 0.466 e. The minimum absolute atomic E-state index is 0.0375. The van der Waals surface area contributed by atoms with Crippen molar-refractivity contribution in [2.24, 2.45) is 5.92 Å². The molecule has 8 nitrogen and oxygen atoms in total. The number of amides is 1. The van der Waals surface area contributed by atoms with Crippen molar-refractivity contribution in [2.45, 2.75) is 43.6 Å². The van der Waals surface area contributed by atoms with E-state index in [9.17, 15) is 9.59 Å². The van der Waals surface area contributed by atoms with Crippen LogP contribution in [0.4, 0.5) is 0 Å². The molecular formula is C15H23N5O3S. The fourth-order valence-corrected chi connectivity index (χ4v) is 3.46. The smallest absolute Gasteiger partial charge is 0.309 e. The van der Waals surface area contributed by atoms with Gasteiger partial charge in [-0.05, 0) is 37.1 Å². The summed E-state index contributed by atoms with van der Waals surface area (Å²) in [6, 6.07) is 0. The van der Waals surface area contributed by atoms with Crippen LogP contribution in [0.5, 0.6) is 0 Å². The molecular weight excluding hydrogens is 330 g/mol. The molecule has 0 unspecified atom stereocenters. The molecule has 1 aromatic rings. The molecule has 1 fully saturated rings. The topological polar surface area (TPSA) is 90.2 Å². The van der Waals surface area contributed by atoms with Gasteiger partial charge in [-0.1, -0.05) is 17.8 Å². The van der Waals surface area contributed by atoms with Crippen LogP contribution in [-0.4, -0.2) is 61.9 Å². The first-order valence-corrected chi connectivity index (χ1v) is 8.93. The Labute approximate surface area is 145 Å². The molecule has 1 aliphatic rings. The fourth-order valence-electron chi connectivity index (χ4n) is 2.58. The van der Waals surface area contributed by atoms with Gasteiger partial charge < -0.3 is 9.64 Å². The van der Waals surface area contributed by atoms with Crippen molar-refractivity contribution in [3.8, 4) is 0 Å². The standard InChI is InChI=1S/C15H23N5O3S/c1-4-8-20-15(16-17-18-20)24-11(3)13(21)19-9-6-12(7-10-19)14(22)23-5-2/h4,11-12H,1,5-10H2,2-3H3/t11-/m1/s1. The normalized spacial score (nSPS) is 16.7. The number of ether oxygens (including phenoxy) is 1. The molecule has 2 heterocycles. The molecule has 0 aliphatic carbocycles. The van der Waals surface area contributed by atoms with E-state index in [4.69, 9.17) is 4.74 Å². The van der Waals surface area contributed by atoms with E-state index in [0.29, 0.717) is 44.2 Å². The highest BCUT2D eigenvalue weighted by molar-refractivity contribution is 8.00. The zero-order chi connectivity index (χ0) is 17.5. The lowest BCUT2D eigenvalue weighted by atomic mass is 9.97. The average molecular weight is 353 g/mol. The van der Waals surface area contributed by atoms with E-state index >= 15 is 0 Å². The maximum atomic E-state index is 12.6. The highest BCUT2D eigenvalue weighted by atomic mass is 32.2. The summed E-state index contributed by atoms with van der Waals surface area (Å²) >= 11 is 1.33. The van der Waals surface area contributed by atoms with Crippen LogP contribution < -0.4 is 0 Å². The van der Waals surface area contributed by atoms with E-state index < -0.39 is 0 Å². The van der Waals surface area contributed by atoms with Gasteiger partial charge in [-0.3, -0.25) is 9.59 Å². The number of carbonyl (C=O) groups excluding carboxylic acids is 2. The molecule has 1 atom stereocenters. The van der Waals surface area contributed by atoms with Gasteiger partial charge in [0.05, 0.1) is 24.3 Å². The van der Waals surface area contributed by atoms with Crippen molar-refractivity contribution in [2.75, 3.05) is 19.7 Å². The Bertz CT molecular complexity index is 583. The second kappa shape index (κ2) is 8.81. The number of carbonyl (C=O) groups is 2. The number of likely N-dealkylation sites (tertiary alicyclic amines) is 1. The number of hydrogen-bond acceptors (Lipinski definition) is 7. The average Bonchev–Trinajstić information content (AvgIpc) is 3.02. The Hall–Kier alpha value is -1.90. The highest BCUT2D eigenvalue weighted by Gasteiger charge is 2.30. The summed E-state index contributed by atoms with van der Waals surface area (Å²) in [4.78, 5) is 26.1. The molecule has 1 aromatic heterocycles. The molecule has 1 saturated heterocycles. The van der Waals surface area contributed by atoms with E-state index in [0.717, 1.165) is 0 Å². The van der Waals surface area contributed by atoms with Gasteiger partial charge in [0.25, 0.3) is 0 Å². The molecule has 1 aliphatic heterocycles. The molecule has 9 heteroatoms. The van der Waals surface area contributed by atoms with Crippen LogP contribution in [0.2, 0.25) is 0 Å². The number of nitrogens with zero attached hydrogens (tertiary/aromatic N) is 5. The Morgan fingerprint density at radius 1 is 1.46 bits per heavy atom. The number of thioether (sulfide) groups is 1. The van der Waals surface area contributed by atoms with Gasteiger partial charge in [-0.15, -0.1) is 11.7 Å². The summed E-state index contributed by atoms with van der Waals surface area (Å²) in [6.45, 7) is 9.35. The summed E-state index contributed by atoms with van der Waals surface area (Å²) in [5, 5.41) is 11.7. The van der Waals surface area contributed by atoms with Gasteiger partial charge in [-0.2, -0.15) is 0 Å². The van der Waals surface area contributed by atoms with Crippen molar-refractivity contribution >= 4 is 23.6 Å². The first-order valence-electron chi connectivity index (χ1n) is 8.06. The molecule has 132 valence electrons. The molecule has 0 aromatic carbocycles. The monoisotopic (exact) mass is 353 g/mol. The van der Waals surface area contributed by atoms with Crippen LogP contribution in [0.3, 0.4) is 0 Å². The summed E-state index contributed by atoms with van der Waals surface area (Å²) < 4.78 is 6.66. The minimum Gasteiger partial charge on any atom is -0.466 e. The van der Waals surface area contributed by atoms with Crippen LogP contribution in [0.15, 0.2) is 17.8 Å². The van der Waals surface area contributed by atoms with Crippen LogP contribution in [0, 0.1) is 5.92 Å². The van der Waals surface area contributed by atoms with Crippen LogP contribution in [0.25, 0.3) is 0 Å². The van der Waals surface area contributed by atoms with E-state index in [1.165, 1.54) is 11.8 Å². The second-order valence-corrected chi connectivity index (χ2v) is 6.85. The lowest BCUT2D eigenvalue weighted by Crippen LogP contribution is -2.43. The number of rotatable bonds is 7. The van der Waals surface area contributed by atoms with Gasteiger partial charge in [0, 0.05) is 13.1 Å². The Morgan fingerprint density at radius 3 is 2.79 bits per heavy atom. The molecule has 2 rings (SSSR count). The van der Waals surface area contributed by atoms with Crippen LogP contribution in [-0.2, 0) is 20.9 Å². The Kier molecular flexibility index (Phi) is 6.77. The van der Waals surface area contributed by atoms with Crippen molar-refractivity contribution in [1.29, 1.82) is 0 Å². The number of tetrazole rings is 1. The van der Waals surface area contributed by atoms with Gasteiger partial charge in [-0.25, -0.2) is 4.68 Å². The number of allylic oxidation sites excluding steroid dienone is 1. The van der Waals surface area contributed by atoms with Crippen molar-refractivity contribution in [3.63, 3.8) is 0 Å². The molecule has 24 heavy (non-hydrogen) atoms. The van der Waals surface area contributed by atoms with Crippen LogP contribution >= 0.6 is 11.8 Å². The van der Waals surface area contributed by atoms with Crippen molar-refractivity contribution in [1.82, 2.24) is 25.1 Å². The zero-order valence-electron chi connectivity index (χ0n) is 14.1. The quantitative estimate of drug-likeness (QED) is 0.412. The summed E-state index contributed by atoms with van der Waals surface area (Å²) in [5.41, 5.74) is 0. The van der Waals surface area contributed by atoms with Gasteiger partial charge in [0.2, 0.25) is 11.1 Å². The fraction of sp³-hybridized carbons (Fsp3) is 0.667. The Morgan fingerprint density at radius 2 is 2.17 bits per heavy atom. The van der Waals surface area contributed by atoms with Gasteiger partial charge >= 0.3 is 5.97 Å². The lowest BCUT2D eigenvalue weighted by molar-refractivity contribution is -0.151. The number of hydrogen-bond donors (Lipinski definition) is 0. The molecule has 0 bridgehead atoms. The molecule has 0 saturated carbocycles. The van der Waals surface area contributed by atoms with E-state index in [2.05, 4.69) is 22.1 Å². The maximum absolute atomic E-state index is 12.6. The second-order valence-electron chi connectivity index (χ2n) is 5.54. The summed E-state index contributed by atoms with van der Waals surface area (Å²) in [7, 11) is 0. The molecule has 0 radical (unpaired) electrons. The predicted octanol–water partition coefficient (Wildman–Crippen LogP) is 1.14. The summed E-state index contributed by atoms with van der Waals surface area (Å²) in [6.07, 6.45) is 3.00. The van der Waals surface area contributed by atoms with Crippen molar-refractivity contribution < 1.29 is 14.3 Å². The van der Waals surface area contributed by atoms with E-state index in [1.54, 1.807) is 22.6 Å². The SMILES string of the molecule is C=CCn1nnnc1S[C@H](C)C(=O)N1CCC(C(=O)OCC)CC1. The molecule has 0 spiro atoms. The molecule has 1 amide bonds. The first-order chi connectivity index (χ1) is 11.6. The minimum atomic E-state index is -0.293. The van der Waals surface area contributed by atoms with E-state index in [-0.39, 0.29) is 23.0 Å². The third-order valence-electron chi connectivity index (χ3n) is 3.86. The highest BCUT2D eigenvalue weighted by Crippen LogP contribution is 2.25. The maximum Gasteiger partial charge on any atom is 0.309 e. The predicted molar refractivity (Wildman–Crippen MR) is 89.3 cm³/mol. The lowest BCUT2D eigenvalue weighted by Gasteiger charge is -2.32. The third kappa shape index (κ3) is 4.56. The Balaban J connectivity index is 1.87. The van der Waals surface area contributed by atoms with Gasteiger partial charge in [0.15, 0.2) is 0 Å².